The number of halogens is 3. The van der Waals surface area contributed by atoms with Crippen molar-refractivity contribution >= 4 is 15.9 Å². The highest BCUT2D eigenvalue weighted by atomic mass is 79.9. The molecule has 1 atom stereocenters. The molecule has 2 rings (SSSR count). The van der Waals surface area contributed by atoms with Gasteiger partial charge in [-0.05, 0) is 19.1 Å². The number of nitrogens with zero attached hydrogens (tertiary/aromatic N) is 2. The lowest BCUT2D eigenvalue weighted by Crippen LogP contribution is -2.20. The summed E-state index contributed by atoms with van der Waals surface area (Å²) in [6.45, 7) is 2.38. The van der Waals surface area contributed by atoms with E-state index in [2.05, 4.69) is 21.0 Å². The SMILES string of the molecule is CCn1ncc(OC)c1C(N)c1c(F)cc(Br)cc1F. The van der Waals surface area contributed by atoms with E-state index in [1.807, 2.05) is 6.92 Å². The smallest absolute Gasteiger partial charge is 0.161 e. The van der Waals surface area contributed by atoms with Crippen LogP contribution in [0.1, 0.15) is 24.2 Å². The maximum absolute atomic E-state index is 14.0. The van der Waals surface area contributed by atoms with Crippen LogP contribution in [0.2, 0.25) is 0 Å². The second-order valence-electron chi connectivity index (χ2n) is 4.17. The summed E-state index contributed by atoms with van der Waals surface area (Å²) in [6, 6.07) is 1.36. The lowest BCUT2D eigenvalue weighted by Gasteiger charge is -2.17. The fourth-order valence-electron chi connectivity index (χ4n) is 2.09. The standard InChI is InChI=1S/C13H14BrF2N3O/c1-3-19-13(10(20-2)6-18-19)12(17)11-8(15)4-7(14)5-9(11)16/h4-6,12H,3,17H2,1-2H3. The average molecular weight is 346 g/mol. The van der Waals surface area contributed by atoms with E-state index in [1.165, 1.54) is 25.4 Å². The van der Waals surface area contributed by atoms with Crippen LogP contribution in [0, 0.1) is 11.6 Å². The number of aryl methyl sites for hydroxylation is 1. The van der Waals surface area contributed by atoms with Gasteiger partial charge in [0.2, 0.25) is 0 Å². The molecule has 1 aromatic carbocycles. The minimum absolute atomic E-state index is 0.207. The first-order valence-corrected chi connectivity index (χ1v) is 6.78. The Bertz CT molecular complexity index is 586. The number of hydrogen-bond donors (Lipinski definition) is 1. The Morgan fingerprint density at radius 3 is 2.50 bits per heavy atom. The summed E-state index contributed by atoms with van der Waals surface area (Å²) < 4.78 is 35.0. The highest BCUT2D eigenvalue weighted by molar-refractivity contribution is 9.10. The predicted octanol–water partition coefficient (Wildman–Crippen LogP) is 3.00. The largest absolute Gasteiger partial charge is 0.493 e. The molecule has 0 amide bonds. The van der Waals surface area contributed by atoms with E-state index in [9.17, 15) is 8.78 Å². The molecule has 2 N–H and O–H groups in total. The van der Waals surface area contributed by atoms with Crippen molar-refractivity contribution in [3.05, 3.63) is 45.7 Å². The van der Waals surface area contributed by atoms with Gasteiger partial charge < -0.3 is 10.5 Å². The van der Waals surface area contributed by atoms with Gasteiger partial charge >= 0.3 is 0 Å². The summed E-state index contributed by atoms with van der Waals surface area (Å²) in [5.74, 6) is -1.02. The fourth-order valence-corrected chi connectivity index (χ4v) is 2.49. The zero-order valence-electron chi connectivity index (χ0n) is 11.0. The molecule has 7 heteroatoms. The molecule has 1 heterocycles. The van der Waals surface area contributed by atoms with Crippen LogP contribution in [0.4, 0.5) is 8.78 Å². The van der Waals surface area contributed by atoms with Crippen LogP contribution in [0.15, 0.2) is 22.8 Å². The summed E-state index contributed by atoms with van der Waals surface area (Å²) in [5, 5.41) is 4.09. The van der Waals surface area contributed by atoms with Gasteiger partial charge in [-0.1, -0.05) is 15.9 Å². The molecule has 0 aliphatic carbocycles. The summed E-state index contributed by atoms with van der Waals surface area (Å²) >= 11 is 3.04. The quantitative estimate of drug-likeness (QED) is 0.926. The van der Waals surface area contributed by atoms with Crippen molar-refractivity contribution in [2.24, 2.45) is 5.73 Å². The molecule has 0 fully saturated rings. The van der Waals surface area contributed by atoms with E-state index in [0.29, 0.717) is 22.5 Å². The van der Waals surface area contributed by atoms with Gasteiger partial charge in [0.15, 0.2) is 5.75 Å². The Labute approximate surface area is 123 Å². The van der Waals surface area contributed by atoms with Crippen LogP contribution in [0.5, 0.6) is 5.75 Å². The van der Waals surface area contributed by atoms with Crippen LogP contribution in [-0.4, -0.2) is 16.9 Å². The van der Waals surface area contributed by atoms with E-state index in [1.54, 1.807) is 4.68 Å². The first-order valence-electron chi connectivity index (χ1n) is 5.99. The molecule has 0 saturated carbocycles. The molecule has 0 radical (unpaired) electrons. The summed E-state index contributed by atoms with van der Waals surface area (Å²) in [4.78, 5) is 0. The molecule has 1 aromatic heterocycles. The van der Waals surface area contributed by atoms with Gasteiger partial charge in [0.05, 0.1) is 19.3 Å². The molecule has 2 aromatic rings. The van der Waals surface area contributed by atoms with E-state index in [-0.39, 0.29) is 5.56 Å². The van der Waals surface area contributed by atoms with Gasteiger partial charge in [-0.3, -0.25) is 4.68 Å². The van der Waals surface area contributed by atoms with Crippen LogP contribution in [-0.2, 0) is 6.54 Å². The Hall–Kier alpha value is -1.47. The zero-order chi connectivity index (χ0) is 14.9. The molecule has 0 aliphatic heterocycles. The Morgan fingerprint density at radius 2 is 2.00 bits per heavy atom. The molecule has 108 valence electrons. The molecule has 4 nitrogen and oxygen atoms in total. The molecule has 0 bridgehead atoms. The third-order valence-electron chi connectivity index (χ3n) is 3.01. The number of aromatic nitrogens is 2. The number of ether oxygens (including phenoxy) is 1. The van der Waals surface area contributed by atoms with Gasteiger partial charge in [0.1, 0.15) is 17.3 Å². The molecular formula is C13H14BrF2N3O. The number of nitrogens with two attached hydrogens (primary N) is 1. The maximum atomic E-state index is 14.0. The predicted molar refractivity (Wildman–Crippen MR) is 74.5 cm³/mol. The molecule has 20 heavy (non-hydrogen) atoms. The zero-order valence-corrected chi connectivity index (χ0v) is 12.6. The first kappa shape index (κ1) is 14.9. The Balaban J connectivity index is 2.57. The monoisotopic (exact) mass is 345 g/mol. The lowest BCUT2D eigenvalue weighted by atomic mass is 10.0. The lowest BCUT2D eigenvalue weighted by molar-refractivity contribution is 0.403. The summed E-state index contributed by atoms with van der Waals surface area (Å²) in [5.41, 5.74) is 6.26. The van der Waals surface area contributed by atoms with Gasteiger partial charge in [0, 0.05) is 16.6 Å². The molecule has 0 spiro atoms. The third kappa shape index (κ3) is 2.55. The molecule has 1 unspecified atom stereocenters. The minimum atomic E-state index is -1.000. The highest BCUT2D eigenvalue weighted by Gasteiger charge is 2.25. The normalized spacial score (nSPS) is 12.5. The van der Waals surface area contributed by atoms with Crippen LogP contribution in [0.3, 0.4) is 0 Å². The minimum Gasteiger partial charge on any atom is -0.493 e. The van der Waals surface area contributed by atoms with Crippen molar-refractivity contribution in [2.45, 2.75) is 19.5 Å². The molecular weight excluding hydrogens is 332 g/mol. The van der Waals surface area contributed by atoms with Gasteiger partial charge in [0.25, 0.3) is 0 Å². The maximum Gasteiger partial charge on any atom is 0.161 e. The van der Waals surface area contributed by atoms with Crippen molar-refractivity contribution in [3.8, 4) is 5.75 Å². The Kier molecular flexibility index (Phi) is 4.39. The van der Waals surface area contributed by atoms with Gasteiger partial charge in [-0.15, -0.1) is 0 Å². The van der Waals surface area contributed by atoms with Crippen molar-refractivity contribution in [2.75, 3.05) is 7.11 Å². The second-order valence-corrected chi connectivity index (χ2v) is 5.09. The second kappa shape index (κ2) is 5.88. The number of rotatable bonds is 4. The van der Waals surface area contributed by atoms with Crippen LogP contribution in [0.25, 0.3) is 0 Å². The van der Waals surface area contributed by atoms with Crippen molar-refractivity contribution < 1.29 is 13.5 Å². The Morgan fingerprint density at radius 1 is 1.40 bits per heavy atom. The topological polar surface area (TPSA) is 53.1 Å². The van der Waals surface area contributed by atoms with E-state index in [4.69, 9.17) is 10.5 Å². The molecule has 0 saturated heterocycles. The number of methoxy groups -OCH3 is 1. The van der Waals surface area contributed by atoms with E-state index < -0.39 is 17.7 Å². The fraction of sp³-hybridized carbons (Fsp3) is 0.308. The van der Waals surface area contributed by atoms with E-state index >= 15 is 0 Å². The summed E-state index contributed by atoms with van der Waals surface area (Å²) in [6.07, 6.45) is 1.48. The highest BCUT2D eigenvalue weighted by Crippen LogP contribution is 2.32. The average Bonchev–Trinajstić information content (AvgIpc) is 2.79. The van der Waals surface area contributed by atoms with E-state index in [0.717, 1.165) is 0 Å². The molecule has 0 aliphatic rings. The number of benzene rings is 1. The van der Waals surface area contributed by atoms with Gasteiger partial charge in [-0.2, -0.15) is 5.10 Å². The first-order chi connectivity index (χ1) is 9.49. The van der Waals surface area contributed by atoms with Crippen molar-refractivity contribution in [1.29, 1.82) is 0 Å². The third-order valence-corrected chi connectivity index (χ3v) is 3.47. The van der Waals surface area contributed by atoms with Crippen LogP contribution >= 0.6 is 15.9 Å². The summed E-state index contributed by atoms with van der Waals surface area (Å²) in [7, 11) is 1.46. The van der Waals surface area contributed by atoms with Crippen molar-refractivity contribution in [3.63, 3.8) is 0 Å². The number of hydrogen-bond acceptors (Lipinski definition) is 3. The van der Waals surface area contributed by atoms with Crippen molar-refractivity contribution in [1.82, 2.24) is 9.78 Å². The van der Waals surface area contributed by atoms with Gasteiger partial charge in [-0.25, -0.2) is 8.78 Å². The van der Waals surface area contributed by atoms with Crippen LogP contribution < -0.4 is 10.5 Å².